The lowest BCUT2D eigenvalue weighted by Gasteiger charge is -2.28. The number of ether oxygens (including phenoxy) is 3. The lowest BCUT2D eigenvalue weighted by molar-refractivity contribution is -0.123. The molecule has 10 heteroatoms. The summed E-state index contributed by atoms with van der Waals surface area (Å²) in [4.78, 5) is 26.7. The number of fused-ring (bicyclic) bond motifs is 5. The van der Waals surface area contributed by atoms with Crippen LogP contribution in [-0.2, 0) is 36.9 Å². The van der Waals surface area contributed by atoms with Crippen molar-refractivity contribution in [3.63, 3.8) is 0 Å². The number of hydrogen-bond donors (Lipinski definition) is 1. The number of amides is 1. The summed E-state index contributed by atoms with van der Waals surface area (Å²) in [6, 6.07) is 15.7. The first-order valence-corrected chi connectivity index (χ1v) is 13.4. The molecule has 1 N–H and O–H groups in total. The number of nitrogens with one attached hydrogen (secondary N) is 1. The van der Waals surface area contributed by atoms with Crippen molar-refractivity contribution in [2.75, 3.05) is 58.1 Å². The number of benzene rings is 2. The van der Waals surface area contributed by atoms with E-state index in [2.05, 4.69) is 15.6 Å². The molecular formula is C29H37N5O5. The molecule has 2 heterocycles. The van der Waals surface area contributed by atoms with Gasteiger partial charge in [0.15, 0.2) is 0 Å². The molecule has 0 fully saturated rings. The van der Waals surface area contributed by atoms with Crippen LogP contribution in [0.4, 0.5) is 5.69 Å². The van der Waals surface area contributed by atoms with Crippen molar-refractivity contribution in [1.82, 2.24) is 20.3 Å². The van der Waals surface area contributed by atoms with Crippen LogP contribution in [-0.4, -0.2) is 79.9 Å². The van der Waals surface area contributed by atoms with Crippen LogP contribution in [0.2, 0.25) is 0 Å². The minimum atomic E-state index is -0.0920. The molecule has 0 aliphatic carbocycles. The van der Waals surface area contributed by atoms with Crippen LogP contribution < -0.4 is 10.2 Å². The zero-order valence-corrected chi connectivity index (χ0v) is 22.7. The summed E-state index contributed by atoms with van der Waals surface area (Å²) in [7, 11) is 1.89. The zero-order valence-electron chi connectivity index (χ0n) is 22.7. The number of rotatable bonds is 15. The molecule has 39 heavy (non-hydrogen) atoms. The molecule has 2 aromatic carbocycles. The minimum Gasteiger partial charge on any atom is -0.378 e. The maximum Gasteiger partial charge on any atom is 0.227 e. The van der Waals surface area contributed by atoms with E-state index in [0.29, 0.717) is 52.7 Å². The van der Waals surface area contributed by atoms with Gasteiger partial charge in [0.05, 0.1) is 64.1 Å². The van der Waals surface area contributed by atoms with E-state index in [4.69, 9.17) is 14.2 Å². The second-order valence-corrected chi connectivity index (χ2v) is 9.31. The SMILES string of the molecule is CNCCOCCOCCOCCn1nnc2c1-c1ccccc1N(C(=O)CCC(C)=O)Cc1ccccc1-2. The molecule has 208 valence electrons. The van der Waals surface area contributed by atoms with Crippen LogP contribution >= 0.6 is 0 Å². The van der Waals surface area contributed by atoms with Gasteiger partial charge in [0, 0.05) is 30.5 Å². The van der Waals surface area contributed by atoms with Crippen molar-refractivity contribution in [3.8, 4) is 22.5 Å². The number of hydrogen-bond acceptors (Lipinski definition) is 8. The fourth-order valence-corrected chi connectivity index (χ4v) is 4.48. The third-order valence-electron chi connectivity index (χ3n) is 6.47. The highest BCUT2D eigenvalue weighted by molar-refractivity contribution is 6.01. The summed E-state index contributed by atoms with van der Waals surface area (Å²) in [6.45, 7) is 6.34. The Morgan fingerprint density at radius 2 is 1.54 bits per heavy atom. The molecule has 0 radical (unpaired) electrons. The molecule has 3 aromatic rings. The summed E-state index contributed by atoms with van der Waals surface area (Å²) in [5.41, 5.74) is 5.15. The van der Waals surface area contributed by atoms with E-state index in [1.807, 2.05) is 60.3 Å². The van der Waals surface area contributed by atoms with Gasteiger partial charge in [0.2, 0.25) is 5.91 Å². The van der Waals surface area contributed by atoms with E-state index < -0.39 is 0 Å². The average molecular weight is 536 g/mol. The minimum absolute atomic E-state index is 0.00287. The van der Waals surface area contributed by atoms with Gasteiger partial charge in [-0.15, -0.1) is 5.10 Å². The Morgan fingerprint density at radius 1 is 0.872 bits per heavy atom. The van der Waals surface area contributed by atoms with E-state index in [9.17, 15) is 9.59 Å². The molecule has 0 saturated carbocycles. The van der Waals surface area contributed by atoms with Crippen molar-refractivity contribution in [2.24, 2.45) is 0 Å². The van der Waals surface area contributed by atoms with Crippen LogP contribution in [0.3, 0.4) is 0 Å². The van der Waals surface area contributed by atoms with E-state index in [1.165, 1.54) is 6.92 Å². The first kappa shape index (κ1) is 28.6. The van der Waals surface area contributed by atoms with Crippen molar-refractivity contribution < 1.29 is 23.8 Å². The van der Waals surface area contributed by atoms with Crippen molar-refractivity contribution in [1.29, 1.82) is 0 Å². The van der Waals surface area contributed by atoms with E-state index in [0.717, 1.165) is 40.3 Å². The number of nitrogens with zero attached hydrogens (tertiary/aromatic N) is 4. The Hall–Kier alpha value is -3.44. The van der Waals surface area contributed by atoms with Gasteiger partial charge >= 0.3 is 0 Å². The van der Waals surface area contributed by atoms with Gasteiger partial charge in [-0.3, -0.25) is 4.79 Å². The number of para-hydroxylation sites is 1. The third kappa shape index (κ3) is 7.57. The van der Waals surface area contributed by atoms with Gasteiger partial charge in [0.25, 0.3) is 0 Å². The number of Topliss-reactive ketones (excluding diaryl/α,β-unsaturated/α-hetero) is 1. The number of ketones is 1. The van der Waals surface area contributed by atoms with Crippen molar-refractivity contribution >= 4 is 17.4 Å². The fraction of sp³-hybridized carbons (Fsp3) is 0.448. The van der Waals surface area contributed by atoms with Gasteiger partial charge in [-0.2, -0.15) is 0 Å². The van der Waals surface area contributed by atoms with Crippen LogP contribution in [0.5, 0.6) is 0 Å². The lowest BCUT2D eigenvalue weighted by atomic mass is 9.95. The van der Waals surface area contributed by atoms with Crippen molar-refractivity contribution in [3.05, 3.63) is 54.1 Å². The molecule has 10 nitrogen and oxygen atoms in total. The summed E-state index contributed by atoms with van der Waals surface area (Å²) in [6.07, 6.45) is 0.377. The van der Waals surface area contributed by atoms with Crippen LogP contribution in [0.15, 0.2) is 48.5 Å². The number of carbonyl (C=O) groups is 2. The number of aromatic nitrogens is 3. The summed E-state index contributed by atoms with van der Waals surface area (Å²) in [5, 5.41) is 12.1. The van der Waals surface area contributed by atoms with Crippen LogP contribution in [0.25, 0.3) is 22.5 Å². The Bertz CT molecular complexity index is 1240. The summed E-state index contributed by atoms with van der Waals surface area (Å²) in [5.74, 6) is -0.0948. The highest BCUT2D eigenvalue weighted by atomic mass is 16.5. The second kappa shape index (κ2) is 14.6. The standard InChI is InChI=1S/C29H37N5O5/c1-22(35)11-12-27(36)33-21-23-7-3-4-8-24(23)28-29(25-9-5-6-10-26(25)33)34(32-31-28)14-16-38-18-20-39-19-17-37-15-13-30-2/h3-10,30H,11-21H2,1-2H3. The molecule has 1 aromatic heterocycles. The predicted octanol–water partition coefficient (Wildman–Crippen LogP) is 3.10. The topological polar surface area (TPSA) is 108 Å². The summed E-state index contributed by atoms with van der Waals surface area (Å²) >= 11 is 0. The molecular weight excluding hydrogens is 498 g/mol. The second-order valence-electron chi connectivity index (χ2n) is 9.31. The molecule has 0 saturated heterocycles. The number of anilines is 1. The van der Waals surface area contributed by atoms with E-state index >= 15 is 0 Å². The maximum atomic E-state index is 13.4. The molecule has 1 amide bonds. The fourth-order valence-electron chi connectivity index (χ4n) is 4.48. The van der Waals surface area contributed by atoms with Gasteiger partial charge < -0.3 is 29.2 Å². The van der Waals surface area contributed by atoms with Crippen LogP contribution in [0, 0.1) is 0 Å². The van der Waals surface area contributed by atoms with Gasteiger partial charge in [-0.1, -0.05) is 47.7 Å². The monoisotopic (exact) mass is 535 g/mol. The molecule has 0 atom stereocenters. The quantitative estimate of drug-likeness (QED) is 0.296. The highest BCUT2D eigenvalue weighted by Gasteiger charge is 2.28. The maximum absolute atomic E-state index is 13.4. The molecule has 1 aliphatic heterocycles. The summed E-state index contributed by atoms with van der Waals surface area (Å²) < 4.78 is 18.6. The zero-order chi connectivity index (χ0) is 27.5. The largest absolute Gasteiger partial charge is 0.378 e. The third-order valence-corrected chi connectivity index (χ3v) is 6.47. The highest BCUT2D eigenvalue weighted by Crippen LogP contribution is 2.41. The Balaban J connectivity index is 1.49. The molecule has 0 bridgehead atoms. The first-order valence-electron chi connectivity index (χ1n) is 13.4. The van der Waals surface area contributed by atoms with Gasteiger partial charge in [-0.25, -0.2) is 4.68 Å². The lowest BCUT2D eigenvalue weighted by Crippen LogP contribution is -2.32. The Morgan fingerprint density at radius 3 is 2.28 bits per heavy atom. The van der Waals surface area contributed by atoms with Gasteiger partial charge in [0.1, 0.15) is 11.5 Å². The van der Waals surface area contributed by atoms with E-state index in [-0.39, 0.29) is 24.5 Å². The predicted molar refractivity (Wildman–Crippen MR) is 148 cm³/mol. The average Bonchev–Trinajstić information content (AvgIpc) is 3.35. The molecule has 4 rings (SSSR count). The molecule has 0 spiro atoms. The van der Waals surface area contributed by atoms with Gasteiger partial charge in [-0.05, 0) is 25.6 Å². The van der Waals surface area contributed by atoms with Crippen LogP contribution in [0.1, 0.15) is 25.3 Å². The normalized spacial score (nSPS) is 12.3. The van der Waals surface area contributed by atoms with E-state index in [1.54, 1.807) is 4.90 Å². The Labute approximate surface area is 229 Å². The number of carbonyl (C=O) groups excluding carboxylic acids is 2. The smallest absolute Gasteiger partial charge is 0.227 e. The Kier molecular flexibility index (Phi) is 10.7. The molecule has 1 aliphatic rings. The number of likely N-dealkylation sites (N-methyl/N-ethyl adjacent to an activating group) is 1. The van der Waals surface area contributed by atoms with Crippen molar-refractivity contribution in [2.45, 2.75) is 32.9 Å². The molecule has 0 unspecified atom stereocenters. The first-order chi connectivity index (χ1) is 19.1.